The summed E-state index contributed by atoms with van der Waals surface area (Å²) in [6.45, 7) is 4.25. The summed E-state index contributed by atoms with van der Waals surface area (Å²) in [5.41, 5.74) is 0. The van der Waals surface area contributed by atoms with Gasteiger partial charge in [-0.3, -0.25) is 0 Å². The first-order valence-corrected chi connectivity index (χ1v) is 4.78. The molecule has 90 valence electrons. The minimum atomic E-state index is -1.21. The van der Waals surface area contributed by atoms with Crippen LogP contribution in [-0.2, 0) is 0 Å². The van der Waals surface area contributed by atoms with E-state index < -0.39 is 5.97 Å². The van der Waals surface area contributed by atoms with Gasteiger partial charge in [-0.15, -0.1) is 0 Å². The van der Waals surface area contributed by atoms with E-state index >= 15 is 0 Å². The van der Waals surface area contributed by atoms with Crippen molar-refractivity contribution in [3.05, 3.63) is 12.0 Å². The Bertz CT molecular complexity index is 342. The Hall–Kier alpha value is -1.85. The van der Waals surface area contributed by atoms with Crippen LogP contribution in [0.2, 0.25) is 0 Å². The van der Waals surface area contributed by atoms with E-state index in [9.17, 15) is 4.79 Å². The number of carbonyl (C=O) groups is 1. The molecule has 0 radical (unpaired) electrons. The van der Waals surface area contributed by atoms with Gasteiger partial charge in [0.05, 0.1) is 20.4 Å². The lowest BCUT2D eigenvalue weighted by Gasteiger charge is -2.04. The van der Waals surface area contributed by atoms with E-state index in [1.807, 2.05) is 0 Å². The Morgan fingerprint density at radius 3 is 2.31 bits per heavy atom. The monoisotopic (exact) mass is 228 g/mol. The highest BCUT2D eigenvalue weighted by atomic mass is 16.5. The highest BCUT2D eigenvalue weighted by Crippen LogP contribution is 2.21. The number of nitrogens with zero attached hydrogens (tertiary/aromatic N) is 2. The fourth-order valence-electron chi connectivity index (χ4n) is 0.744. The van der Waals surface area contributed by atoms with Gasteiger partial charge in [0, 0.05) is 0 Å². The molecule has 0 aliphatic heterocycles. The molecule has 6 nitrogen and oxygen atoms in total. The Balaban J connectivity index is 0.000000673. The second kappa shape index (κ2) is 7.44. The molecular formula is C10H16N2O4. The molecule has 0 saturated heterocycles. The fraction of sp³-hybridized carbons (Fsp3) is 0.500. The van der Waals surface area contributed by atoms with Gasteiger partial charge in [0.15, 0.2) is 5.75 Å². The molecular weight excluding hydrogens is 212 g/mol. The van der Waals surface area contributed by atoms with Crippen molar-refractivity contribution < 1.29 is 19.4 Å². The average molecular weight is 228 g/mol. The lowest BCUT2D eigenvalue weighted by molar-refractivity contribution is 0.0682. The van der Waals surface area contributed by atoms with Crippen LogP contribution in [0.1, 0.15) is 30.9 Å². The van der Waals surface area contributed by atoms with Gasteiger partial charge in [0.2, 0.25) is 5.82 Å². The largest absolute Gasteiger partial charge is 0.490 e. The third kappa shape index (κ3) is 4.12. The van der Waals surface area contributed by atoms with Crippen LogP contribution in [0.4, 0.5) is 0 Å². The van der Waals surface area contributed by atoms with Gasteiger partial charge in [-0.1, -0.05) is 20.3 Å². The number of carboxylic acids is 1. The van der Waals surface area contributed by atoms with Crippen molar-refractivity contribution in [3.8, 4) is 11.6 Å². The van der Waals surface area contributed by atoms with Crippen molar-refractivity contribution in [1.29, 1.82) is 0 Å². The lowest BCUT2D eigenvalue weighted by atomic mass is 10.5. The zero-order valence-electron chi connectivity index (χ0n) is 9.85. The number of rotatable bonds is 3. The highest BCUT2D eigenvalue weighted by Gasteiger charge is 2.12. The van der Waals surface area contributed by atoms with E-state index in [-0.39, 0.29) is 11.7 Å². The van der Waals surface area contributed by atoms with Crippen LogP contribution in [0.15, 0.2) is 6.20 Å². The molecule has 1 rings (SSSR count). The summed E-state index contributed by atoms with van der Waals surface area (Å²) in [6.07, 6.45) is 2.50. The number of aromatic carboxylic acids is 1. The van der Waals surface area contributed by atoms with Crippen LogP contribution in [0, 0.1) is 0 Å². The van der Waals surface area contributed by atoms with E-state index in [0.29, 0.717) is 5.75 Å². The van der Waals surface area contributed by atoms with Crippen LogP contribution >= 0.6 is 0 Å². The number of hydrogen-bond acceptors (Lipinski definition) is 5. The fourth-order valence-corrected chi connectivity index (χ4v) is 0.744. The quantitative estimate of drug-likeness (QED) is 0.846. The number of methoxy groups -OCH3 is 2. The molecule has 0 fully saturated rings. The van der Waals surface area contributed by atoms with Crippen molar-refractivity contribution in [3.63, 3.8) is 0 Å². The highest BCUT2D eigenvalue weighted by molar-refractivity contribution is 5.83. The Morgan fingerprint density at radius 2 is 1.94 bits per heavy atom. The van der Waals surface area contributed by atoms with Gasteiger partial charge in [0.1, 0.15) is 0 Å². The maximum absolute atomic E-state index is 10.4. The topological polar surface area (TPSA) is 81.5 Å². The maximum atomic E-state index is 10.4. The summed E-state index contributed by atoms with van der Waals surface area (Å²) >= 11 is 0. The van der Waals surface area contributed by atoms with Crippen LogP contribution in [0.25, 0.3) is 0 Å². The first kappa shape index (κ1) is 14.2. The second-order valence-electron chi connectivity index (χ2n) is 2.78. The van der Waals surface area contributed by atoms with Gasteiger partial charge in [-0.2, -0.15) is 4.98 Å². The molecule has 1 N–H and O–H groups in total. The van der Waals surface area contributed by atoms with E-state index in [1.54, 1.807) is 0 Å². The minimum absolute atomic E-state index is 0.106. The minimum Gasteiger partial charge on any atom is -0.490 e. The zero-order chi connectivity index (χ0) is 12.6. The van der Waals surface area contributed by atoms with Gasteiger partial charge in [-0.25, -0.2) is 9.78 Å². The normalized spacial score (nSPS) is 8.75. The Labute approximate surface area is 94.2 Å². The van der Waals surface area contributed by atoms with E-state index in [2.05, 4.69) is 23.8 Å². The number of aromatic nitrogens is 2. The molecule has 1 heterocycles. The first-order valence-electron chi connectivity index (χ1n) is 4.78. The van der Waals surface area contributed by atoms with Crippen molar-refractivity contribution in [2.24, 2.45) is 0 Å². The molecule has 0 bridgehead atoms. The number of carboxylic acid groups (broad SMARTS) is 1. The summed E-state index contributed by atoms with van der Waals surface area (Å²) in [4.78, 5) is 17.6. The van der Waals surface area contributed by atoms with Crippen LogP contribution in [0.3, 0.4) is 0 Å². The summed E-state index contributed by atoms with van der Waals surface area (Å²) in [5, 5.41) is 8.55. The third-order valence-electron chi connectivity index (χ3n) is 1.33. The summed E-state index contributed by atoms with van der Waals surface area (Å²) in [7, 11) is 2.79. The molecule has 0 aliphatic carbocycles. The number of ether oxygens (including phenoxy) is 2. The SMILES string of the molecule is CCC.COc1cnc(C(=O)O)nc1OC. The van der Waals surface area contributed by atoms with Crippen molar-refractivity contribution in [2.75, 3.05) is 14.2 Å². The van der Waals surface area contributed by atoms with Gasteiger partial charge in [-0.05, 0) is 0 Å². The molecule has 0 saturated carbocycles. The molecule has 16 heavy (non-hydrogen) atoms. The molecule has 0 unspecified atom stereocenters. The molecule has 6 heteroatoms. The standard InChI is InChI=1S/C7H8N2O4.C3H8/c1-12-4-3-8-5(7(10)11)9-6(4)13-2;1-3-2/h3H,1-2H3,(H,10,11);3H2,1-2H3. The molecule has 0 atom stereocenters. The third-order valence-corrected chi connectivity index (χ3v) is 1.33. The molecule has 0 aromatic carbocycles. The molecule has 0 spiro atoms. The van der Waals surface area contributed by atoms with Gasteiger partial charge >= 0.3 is 5.97 Å². The van der Waals surface area contributed by atoms with E-state index in [4.69, 9.17) is 14.6 Å². The van der Waals surface area contributed by atoms with Crippen LogP contribution in [0.5, 0.6) is 11.6 Å². The van der Waals surface area contributed by atoms with Crippen molar-refractivity contribution in [1.82, 2.24) is 9.97 Å². The Morgan fingerprint density at radius 1 is 1.38 bits per heavy atom. The molecule has 1 aromatic heterocycles. The molecule has 0 aliphatic rings. The van der Waals surface area contributed by atoms with Crippen LogP contribution < -0.4 is 9.47 Å². The summed E-state index contributed by atoms with van der Waals surface area (Å²) in [6, 6.07) is 0. The van der Waals surface area contributed by atoms with E-state index in [0.717, 1.165) is 0 Å². The van der Waals surface area contributed by atoms with Crippen molar-refractivity contribution >= 4 is 5.97 Å². The number of hydrogen-bond donors (Lipinski definition) is 1. The zero-order valence-corrected chi connectivity index (χ0v) is 9.85. The first-order chi connectivity index (χ1) is 7.60. The predicted octanol–water partition coefficient (Wildman–Crippen LogP) is 1.61. The predicted molar refractivity (Wildman–Crippen MR) is 58.1 cm³/mol. The smallest absolute Gasteiger partial charge is 0.374 e. The lowest BCUT2D eigenvalue weighted by Crippen LogP contribution is -2.06. The van der Waals surface area contributed by atoms with Gasteiger partial charge < -0.3 is 14.6 Å². The summed E-state index contributed by atoms with van der Waals surface area (Å²) < 4.78 is 9.62. The molecule has 0 amide bonds. The Kier molecular flexibility index (Phi) is 6.58. The van der Waals surface area contributed by atoms with Crippen molar-refractivity contribution in [2.45, 2.75) is 20.3 Å². The maximum Gasteiger partial charge on any atom is 0.374 e. The second-order valence-corrected chi connectivity index (χ2v) is 2.78. The average Bonchev–Trinajstić information content (AvgIpc) is 2.29. The van der Waals surface area contributed by atoms with Gasteiger partial charge in [0.25, 0.3) is 5.88 Å². The summed E-state index contributed by atoms with van der Waals surface area (Å²) in [5.74, 6) is -1.12. The molecule has 1 aromatic rings. The van der Waals surface area contributed by atoms with Crippen LogP contribution in [-0.4, -0.2) is 35.3 Å². The van der Waals surface area contributed by atoms with E-state index in [1.165, 1.54) is 26.8 Å².